The van der Waals surface area contributed by atoms with Crippen LogP contribution in [0.1, 0.15) is 39.5 Å². The zero-order valence-electron chi connectivity index (χ0n) is 13.0. The van der Waals surface area contributed by atoms with E-state index in [1.54, 1.807) is 0 Å². The van der Waals surface area contributed by atoms with Gasteiger partial charge in [0.15, 0.2) is 5.96 Å². The SMILES string of the molecule is CCNC(=NCC1CCCN(CC)C1)NCC1CC1.I. The maximum Gasteiger partial charge on any atom is 0.191 e. The summed E-state index contributed by atoms with van der Waals surface area (Å²) in [6.07, 6.45) is 5.45. The van der Waals surface area contributed by atoms with Crippen LogP contribution >= 0.6 is 24.0 Å². The van der Waals surface area contributed by atoms with Crippen molar-refractivity contribution >= 4 is 29.9 Å². The van der Waals surface area contributed by atoms with E-state index in [9.17, 15) is 0 Å². The summed E-state index contributed by atoms with van der Waals surface area (Å²) in [7, 11) is 0. The highest BCUT2D eigenvalue weighted by Gasteiger charge is 2.21. The van der Waals surface area contributed by atoms with Gasteiger partial charge in [0, 0.05) is 26.2 Å². The number of hydrogen-bond acceptors (Lipinski definition) is 2. The Bertz CT molecular complexity index is 292. The Balaban J connectivity index is 0.00000200. The Morgan fingerprint density at radius 1 is 1.15 bits per heavy atom. The van der Waals surface area contributed by atoms with Gasteiger partial charge in [-0.15, -0.1) is 24.0 Å². The third-order valence-corrected chi connectivity index (χ3v) is 4.16. The van der Waals surface area contributed by atoms with E-state index in [1.807, 2.05) is 0 Å². The molecular weight excluding hydrogens is 363 g/mol. The maximum absolute atomic E-state index is 4.77. The Labute approximate surface area is 141 Å². The Morgan fingerprint density at radius 3 is 2.60 bits per heavy atom. The number of halogens is 1. The lowest BCUT2D eigenvalue weighted by molar-refractivity contribution is 0.186. The molecule has 1 aliphatic carbocycles. The number of likely N-dealkylation sites (tertiary alicyclic amines) is 1. The highest BCUT2D eigenvalue weighted by Crippen LogP contribution is 2.27. The van der Waals surface area contributed by atoms with Crippen LogP contribution in [0.3, 0.4) is 0 Å². The molecule has 1 saturated carbocycles. The molecule has 118 valence electrons. The molecule has 0 radical (unpaired) electrons. The molecule has 0 bridgehead atoms. The molecule has 2 N–H and O–H groups in total. The molecule has 2 fully saturated rings. The lowest BCUT2D eigenvalue weighted by atomic mass is 9.98. The fraction of sp³-hybridized carbons (Fsp3) is 0.933. The monoisotopic (exact) mass is 394 g/mol. The molecule has 0 aromatic carbocycles. The summed E-state index contributed by atoms with van der Waals surface area (Å²) in [5, 5.41) is 6.83. The normalized spacial score (nSPS) is 24.1. The molecule has 0 amide bonds. The fourth-order valence-electron chi connectivity index (χ4n) is 2.71. The van der Waals surface area contributed by atoms with Crippen LogP contribution in [0.5, 0.6) is 0 Å². The number of nitrogens with one attached hydrogen (secondary N) is 2. The van der Waals surface area contributed by atoms with Crippen molar-refractivity contribution in [2.24, 2.45) is 16.8 Å². The van der Waals surface area contributed by atoms with E-state index in [0.29, 0.717) is 0 Å². The van der Waals surface area contributed by atoms with E-state index >= 15 is 0 Å². The molecule has 20 heavy (non-hydrogen) atoms. The predicted octanol–water partition coefficient (Wildman–Crippen LogP) is 2.30. The van der Waals surface area contributed by atoms with Crippen LogP contribution in [-0.2, 0) is 0 Å². The standard InChI is InChI=1S/C15H30N4.HI/c1-3-16-15(17-10-13-7-8-13)18-11-14-6-5-9-19(4-2)12-14;/h13-14H,3-12H2,1-2H3,(H2,16,17,18);1H. The van der Waals surface area contributed by atoms with Gasteiger partial charge in [-0.25, -0.2) is 0 Å². The minimum atomic E-state index is 0. The Kier molecular flexibility index (Phi) is 8.84. The second kappa shape index (κ2) is 9.82. The summed E-state index contributed by atoms with van der Waals surface area (Å²) < 4.78 is 0. The number of piperidine rings is 1. The summed E-state index contributed by atoms with van der Waals surface area (Å²) in [5.74, 6) is 2.65. The lowest BCUT2D eigenvalue weighted by Gasteiger charge is -2.31. The smallest absolute Gasteiger partial charge is 0.191 e. The van der Waals surface area contributed by atoms with Crippen LogP contribution in [0.4, 0.5) is 0 Å². The first-order valence-electron chi connectivity index (χ1n) is 8.06. The second-order valence-corrected chi connectivity index (χ2v) is 5.95. The number of nitrogens with zero attached hydrogens (tertiary/aromatic N) is 2. The van der Waals surface area contributed by atoms with Crippen molar-refractivity contribution in [3.8, 4) is 0 Å². The number of aliphatic imine (C=N–C) groups is 1. The van der Waals surface area contributed by atoms with Gasteiger partial charge in [0.2, 0.25) is 0 Å². The van der Waals surface area contributed by atoms with Gasteiger partial charge in [0.1, 0.15) is 0 Å². The fourth-order valence-corrected chi connectivity index (χ4v) is 2.71. The van der Waals surface area contributed by atoms with E-state index in [-0.39, 0.29) is 24.0 Å². The molecule has 0 spiro atoms. The molecule has 1 aliphatic heterocycles. The molecule has 5 heteroatoms. The molecule has 1 heterocycles. The second-order valence-electron chi connectivity index (χ2n) is 5.95. The average Bonchev–Trinajstić information content (AvgIpc) is 3.26. The van der Waals surface area contributed by atoms with Gasteiger partial charge in [-0.3, -0.25) is 4.99 Å². The lowest BCUT2D eigenvalue weighted by Crippen LogP contribution is -2.40. The summed E-state index contributed by atoms with van der Waals surface area (Å²) in [6, 6.07) is 0. The van der Waals surface area contributed by atoms with Gasteiger partial charge in [0.25, 0.3) is 0 Å². The van der Waals surface area contributed by atoms with Gasteiger partial charge >= 0.3 is 0 Å². The first kappa shape index (κ1) is 18.0. The number of rotatable bonds is 6. The summed E-state index contributed by atoms with van der Waals surface area (Å²) in [6.45, 7) is 11.1. The van der Waals surface area contributed by atoms with Crippen molar-refractivity contribution in [2.75, 3.05) is 39.3 Å². The van der Waals surface area contributed by atoms with Gasteiger partial charge in [0.05, 0.1) is 0 Å². The molecule has 2 aliphatic rings. The first-order valence-corrected chi connectivity index (χ1v) is 8.06. The quantitative estimate of drug-likeness (QED) is 0.413. The van der Waals surface area contributed by atoms with Crippen molar-refractivity contribution < 1.29 is 0 Å². The Morgan fingerprint density at radius 2 is 1.95 bits per heavy atom. The van der Waals surface area contributed by atoms with E-state index in [4.69, 9.17) is 4.99 Å². The van der Waals surface area contributed by atoms with Crippen LogP contribution in [-0.4, -0.2) is 50.1 Å². The van der Waals surface area contributed by atoms with E-state index in [1.165, 1.54) is 45.3 Å². The Hall–Kier alpha value is -0.0400. The molecule has 0 aromatic heterocycles. The topological polar surface area (TPSA) is 39.7 Å². The van der Waals surface area contributed by atoms with Crippen molar-refractivity contribution in [1.29, 1.82) is 0 Å². The van der Waals surface area contributed by atoms with Gasteiger partial charge in [-0.1, -0.05) is 6.92 Å². The largest absolute Gasteiger partial charge is 0.357 e. The predicted molar refractivity (Wildman–Crippen MR) is 97.0 cm³/mol. The first-order chi connectivity index (χ1) is 9.31. The number of hydrogen-bond donors (Lipinski definition) is 2. The molecule has 4 nitrogen and oxygen atoms in total. The van der Waals surface area contributed by atoms with Crippen LogP contribution in [0.25, 0.3) is 0 Å². The van der Waals surface area contributed by atoms with Gasteiger partial charge in [-0.2, -0.15) is 0 Å². The highest BCUT2D eigenvalue weighted by atomic mass is 127. The molecule has 1 unspecified atom stereocenters. The van der Waals surface area contributed by atoms with Crippen molar-refractivity contribution in [2.45, 2.75) is 39.5 Å². The van der Waals surface area contributed by atoms with Crippen LogP contribution < -0.4 is 10.6 Å². The number of guanidine groups is 1. The van der Waals surface area contributed by atoms with Crippen molar-refractivity contribution in [3.63, 3.8) is 0 Å². The van der Waals surface area contributed by atoms with Crippen LogP contribution in [0.2, 0.25) is 0 Å². The molecular formula is C15H31IN4. The third-order valence-electron chi connectivity index (χ3n) is 4.16. The minimum Gasteiger partial charge on any atom is -0.357 e. The van der Waals surface area contributed by atoms with E-state index < -0.39 is 0 Å². The molecule has 0 aromatic rings. The van der Waals surface area contributed by atoms with E-state index in [2.05, 4.69) is 29.4 Å². The highest BCUT2D eigenvalue weighted by molar-refractivity contribution is 14.0. The third kappa shape index (κ3) is 6.61. The average molecular weight is 394 g/mol. The van der Waals surface area contributed by atoms with Crippen LogP contribution in [0.15, 0.2) is 4.99 Å². The zero-order chi connectivity index (χ0) is 13.5. The van der Waals surface area contributed by atoms with Gasteiger partial charge in [-0.05, 0) is 57.5 Å². The molecule has 1 atom stereocenters. The summed E-state index contributed by atoms with van der Waals surface area (Å²) >= 11 is 0. The molecule has 1 saturated heterocycles. The summed E-state index contributed by atoms with van der Waals surface area (Å²) in [5.41, 5.74) is 0. The maximum atomic E-state index is 4.77. The molecule has 2 rings (SSSR count). The van der Waals surface area contributed by atoms with Crippen molar-refractivity contribution in [1.82, 2.24) is 15.5 Å². The van der Waals surface area contributed by atoms with E-state index in [0.717, 1.165) is 37.4 Å². The minimum absolute atomic E-state index is 0. The zero-order valence-corrected chi connectivity index (χ0v) is 15.4. The van der Waals surface area contributed by atoms with Crippen molar-refractivity contribution in [3.05, 3.63) is 0 Å². The summed E-state index contributed by atoms with van der Waals surface area (Å²) in [4.78, 5) is 7.32. The van der Waals surface area contributed by atoms with Crippen LogP contribution in [0, 0.1) is 11.8 Å². The van der Waals surface area contributed by atoms with Gasteiger partial charge < -0.3 is 15.5 Å².